The molecule has 88 valence electrons. The van der Waals surface area contributed by atoms with Gasteiger partial charge in [0.1, 0.15) is 5.75 Å². The number of benzene rings is 1. The van der Waals surface area contributed by atoms with Gasteiger partial charge in [0, 0.05) is 5.69 Å². The molecule has 1 unspecified atom stereocenters. The Morgan fingerprint density at radius 1 is 1.50 bits per heavy atom. The average molecular weight is 263 g/mol. The van der Waals surface area contributed by atoms with E-state index in [1.807, 2.05) is 0 Å². The predicted octanol–water partition coefficient (Wildman–Crippen LogP) is 1.12. The number of hydrogen-bond donors (Lipinski definition) is 4. The van der Waals surface area contributed by atoms with Crippen LogP contribution < -0.4 is 4.72 Å². The lowest BCUT2D eigenvalue weighted by molar-refractivity contribution is -0.133. The van der Waals surface area contributed by atoms with E-state index in [9.17, 15) is 14.1 Å². The topological polar surface area (TPSA) is 107 Å². The number of aliphatic carboxylic acids is 1. The fourth-order valence-corrected chi connectivity index (χ4v) is 1.97. The van der Waals surface area contributed by atoms with Gasteiger partial charge in [-0.05, 0) is 18.2 Å². The molecule has 4 N–H and O–H groups in total. The van der Waals surface area contributed by atoms with Crippen molar-refractivity contribution in [3.05, 3.63) is 18.2 Å². The third-order valence-electron chi connectivity index (χ3n) is 1.52. The molecule has 1 aromatic carbocycles. The number of phenols is 1. The minimum Gasteiger partial charge on any atom is -0.507 e. The largest absolute Gasteiger partial charge is 0.507 e. The molecular weight excluding hydrogens is 254 g/mol. The van der Waals surface area contributed by atoms with Gasteiger partial charge in [-0.2, -0.15) is 0 Å². The molecule has 0 aliphatic rings. The van der Waals surface area contributed by atoms with Crippen molar-refractivity contribution >= 4 is 34.7 Å². The molecule has 0 saturated heterocycles. The molecule has 0 radical (unpaired) electrons. The standard InChI is InChI=1S/C8H9NO5S2/c10-6-2-1-5(9-16(13)14)3-7(6)15-4-8(11)12/h1-3,9-10H,4H2,(H,11,12)(H,13,14). The molecule has 0 aliphatic heterocycles. The lowest BCUT2D eigenvalue weighted by atomic mass is 10.3. The SMILES string of the molecule is O=C(O)CSc1cc(NS(=O)O)ccc1O. The first-order valence-corrected chi connectivity index (χ1v) is 6.13. The average Bonchev–Trinajstić information content (AvgIpc) is 2.18. The second-order valence-corrected chi connectivity index (χ2v) is 4.44. The number of anilines is 1. The van der Waals surface area contributed by atoms with Gasteiger partial charge in [0.05, 0.1) is 10.6 Å². The molecule has 1 rings (SSSR count). The minimum absolute atomic E-state index is 0.0690. The van der Waals surface area contributed by atoms with Gasteiger partial charge in [0.25, 0.3) is 11.3 Å². The molecule has 0 amide bonds. The van der Waals surface area contributed by atoms with Crippen LogP contribution in [0.2, 0.25) is 0 Å². The Balaban J connectivity index is 2.81. The number of hydrogen-bond acceptors (Lipinski definition) is 4. The molecule has 0 fully saturated rings. The molecule has 0 heterocycles. The van der Waals surface area contributed by atoms with Gasteiger partial charge in [-0.1, -0.05) is 0 Å². The number of phenolic OH excluding ortho intramolecular Hbond substituents is 1. The Hall–Kier alpha value is -1.25. The van der Waals surface area contributed by atoms with Crippen molar-refractivity contribution in [2.45, 2.75) is 4.90 Å². The van der Waals surface area contributed by atoms with E-state index in [0.717, 1.165) is 11.8 Å². The van der Waals surface area contributed by atoms with E-state index < -0.39 is 17.2 Å². The Morgan fingerprint density at radius 3 is 2.75 bits per heavy atom. The summed E-state index contributed by atoms with van der Waals surface area (Å²) < 4.78 is 21.3. The van der Waals surface area contributed by atoms with Crippen molar-refractivity contribution in [3.63, 3.8) is 0 Å². The smallest absolute Gasteiger partial charge is 0.313 e. The van der Waals surface area contributed by atoms with E-state index in [1.54, 1.807) is 0 Å². The third-order valence-corrected chi connectivity index (χ3v) is 2.96. The zero-order valence-electron chi connectivity index (χ0n) is 7.91. The van der Waals surface area contributed by atoms with E-state index in [-0.39, 0.29) is 11.5 Å². The van der Waals surface area contributed by atoms with Crippen LogP contribution in [-0.2, 0) is 16.1 Å². The van der Waals surface area contributed by atoms with E-state index in [0.29, 0.717) is 10.6 Å². The molecule has 1 aromatic rings. The summed E-state index contributed by atoms with van der Waals surface area (Å²) in [6.45, 7) is 0. The molecule has 0 aromatic heterocycles. The Bertz CT molecular complexity index is 423. The first kappa shape index (κ1) is 12.8. The van der Waals surface area contributed by atoms with Crippen molar-refractivity contribution in [1.29, 1.82) is 0 Å². The van der Waals surface area contributed by atoms with Crippen molar-refractivity contribution in [2.24, 2.45) is 0 Å². The number of thioether (sulfide) groups is 1. The molecule has 8 heteroatoms. The van der Waals surface area contributed by atoms with Crippen molar-refractivity contribution < 1.29 is 23.8 Å². The van der Waals surface area contributed by atoms with Gasteiger partial charge in [-0.3, -0.25) is 14.1 Å². The normalized spacial score (nSPS) is 12.1. The van der Waals surface area contributed by atoms with Crippen LogP contribution in [0.3, 0.4) is 0 Å². The van der Waals surface area contributed by atoms with Crippen molar-refractivity contribution in [2.75, 3.05) is 10.5 Å². The fraction of sp³-hybridized carbons (Fsp3) is 0.125. The van der Waals surface area contributed by atoms with E-state index in [1.165, 1.54) is 18.2 Å². The summed E-state index contributed by atoms with van der Waals surface area (Å²) in [6, 6.07) is 4.13. The predicted molar refractivity (Wildman–Crippen MR) is 60.9 cm³/mol. The zero-order chi connectivity index (χ0) is 12.1. The van der Waals surface area contributed by atoms with Crippen LogP contribution in [-0.4, -0.2) is 30.7 Å². The Kier molecular flexibility index (Phi) is 4.59. The lowest BCUT2D eigenvalue weighted by Crippen LogP contribution is -2.02. The molecule has 1 atom stereocenters. The summed E-state index contributed by atoms with van der Waals surface area (Å²) in [5, 5.41) is 17.9. The molecule has 0 saturated carbocycles. The zero-order valence-corrected chi connectivity index (χ0v) is 9.55. The Morgan fingerprint density at radius 2 is 2.19 bits per heavy atom. The number of carboxylic acid groups (broad SMARTS) is 1. The van der Waals surface area contributed by atoms with Crippen LogP contribution in [0.4, 0.5) is 5.69 Å². The van der Waals surface area contributed by atoms with Crippen LogP contribution in [0.25, 0.3) is 0 Å². The number of carbonyl (C=O) groups is 1. The molecule has 0 bridgehead atoms. The van der Waals surface area contributed by atoms with Crippen LogP contribution in [0.15, 0.2) is 23.1 Å². The maximum atomic E-state index is 10.5. The highest BCUT2D eigenvalue weighted by Crippen LogP contribution is 2.30. The summed E-state index contributed by atoms with van der Waals surface area (Å²) in [5.74, 6) is -1.27. The monoisotopic (exact) mass is 263 g/mol. The highest BCUT2D eigenvalue weighted by Gasteiger charge is 2.07. The highest BCUT2D eigenvalue weighted by atomic mass is 32.2. The van der Waals surface area contributed by atoms with E-state index >= 15 is 0 Å². The molecule has 0 spiro atoms. The molecule has 6 nitrogen and oxygen atoms in total. The summed E-state index contributed by atoms with van der Waals surface area (Å²) in [5.41, 5.74) is 0.325. The number of nitrogens with one attached hydrogen (secondary N) is 1. The fourth-order valence-electron chi connectivity index (χ4n) is 0.934. The maximum Gasteiger partial charge on any atom is 0.313 e. The van der Waals surface area contributed by atoms with Gasteiger partial charge in [0.2, 0.25) is 0 Å². The lowest BCUT2D eigenvalue weighted by Gasteiger charge is -2.06. The van der Waals surface area contributed by atoms with Gasteiger partial charge in [-0.25, -0.2) is 4.21 Å². The van der Waals surface area contributed by atoms with Crippen molar-refractivity contribution in [1.82, 2.24) is 0 Å². The summed E-state index contributed by atoms with van der Waals surface area (Å²) in [6.07, 6.45) is 0. The molecule has 0 aliphatic carbocycles. The highest BCUT2D eigenvalue weighted by molar-refractivity contribution is 8.00. The second-order valence-electron chi connectivity index (χ2n) is 2.72. The van der Waals surface area contributed by atoms with Crippen LogP contribution >= 0.6 is 11.8 Å². The van der Waals surface area contributed by atoms with Crippen LogP contribution in [0, 0.1) is 0 Å². The van der Waals surface area contributed by atoms with Gasteiger partial charge in [0.15, 0.2) is 0 Å². The quantitative estimate of drug-likeness (QED) is 0.360. The molecular formula is C8H9NO5S2. The van der Waals surface area contributed by atoms with Gasteiger partial charge >= 0.3 is 5.97 Å². The van der Waals surface area contributed by atoms with E-state index in [4.69, 9.17) is 9.66 Å². The van der Waals surface area contributed by atoms with Gasteiger partial charge < -0.3 is 10.2 Å². The Labute approximate surface area is 98.1 Å². The van der Waals surface area contributed by atoms with Crippen LogP contribution in [0.1, 0.15) is 0 Å². The number of carboxylic acids is 1. The maximum absolute atomic E-state index is 10.5. The minimum atomic E-state index is -2.20. The third kappa shape index (κ3) is 4.09. The van der Waals surface area contributed by atoms with Crippen LogP contribution in [0.5, 0.6) is 5.75 Å². The molecule has 16 heavy (non-hydrogen) atoms. The first-order valence-electron chi connectivity index (χ1n) is 4.04. The second kappa shape index (κ2) is 5.73. The van der Waals surface area contributed by atoms with E-state index in [2.05, 4.69) is 4.72 Å². The first-order chi connectivity index (χ1) is 7.49. The summed E-state index contributed by atoms with van der Waals surface area (Å²) >= 11 is -1.28. The summed E-state index contributed by atoms with van der Waals surface area (Å²) in [4.78, 5) is 10.7. The number of aromatic hydroxyl groups is 1. The number of rotatable bonds is 5. The summed E-state index contributed by atoms with van der Waals surface area (Å²) in [7, 11) is 0. The van der Waals surface area contributed by atoms with Crippen molar-refractivity contribution in [3.8, 4) is 5.75 Å². The van der Waals surface area contributed by atoms with Gasteiger partial charge in [-0.15, -0.1) is 11.8 Å².